The van der Waals surface area contributed by atoms with Crippen LogP contribution in [-0.4, -0.2) is 46.9 Å². The number of halogens is 1. The van der Waals surface area contributed by atoms with Crippen molar-refractivity contribution in [1.82, 2.24) is 16.0 Å². The van der Waals surface area contributed by atoms with Gasteiger partial charge in [0.1, 0.15) is 11.4 Å². The first-order valence-corrected chi connectivity index (χ1v) is 10.6. The number of carboxylic acid groups (broad SMARTS) is 1. The van der Waals surface area contributed by atoms with E-state index in [1.54, 1.807) is 38.1 Å². The standard InChI is InChI=1S/C22H33N5O4.ClH/c1-22(2,21(31)26-12-14-8-10-16(11-9-14)19(23)24)27-20(30)18(25-13-17(28)29)15-6-4-3-5-7-15;/h8-11,15,18,25H,3-7,12-13H2,1-2H3,(H3,23,24)(H,26,31)(H,27,30)(H,28,29);1H/t18-;/m1./s1. The monoisotopic (exact) mass is 467 g/mol. The van der Waals surface area contributed by atoms with E-state index in [1.807, 2.05) is 0 Å². The Balaban J connectivity index is 0.00000512. The van der Waals surface area contributed by atoms with Crippen molar-refractivity contribution in [3.8, 4) is 0 Å². The molecule has 0 spiro atoms. The van der Waals surface area contributed by atoms with Crippen molar-refractivity contribution in [2.75, 3.05) is 6.54 Å². The Morgan fingerprint density at radius 1 is 1.16 bits per heavy atom. The lowest BCUT2D eigenvalue weighted by atomic mass is 9.83. The molecule has 1 aliphatic carbocycles. The second-order valence-corrected chi connectivity index (χ2v) is 8.56. The number of carbonyl (C=O) groups is 3. The highest BCUT2D eigenvalue weighted by molar-refractivity contribution is 5.95. The molecule has 0 saturated heterocycles. The average molecular weight is 468 g/mol. The summed E-state index contributed by atoms with van der Waals surface area (Å²) in [6.45, 7) is 3.19. The Hall–Kier alpha value is -2.65. The van der Waals surface area contributed by atoms with E-state index >= 15 is 0 Å². The van der Waals surface area contributed by atoms with Crippen LogP contribution in [0.2, 0.25) is 0 Å². The molecule has 0 heterocycles. The zero-order valence-electron chi connectivity index (χ0n) is 18.6. The lowest BCUT2D eigenvalue weighted by molar-refractivity contribution is -0.137. The van der Waals surface area contributed by atoms with Crippen molar-refractivity contribution >= 4 is 36.0 Å². The maximum atomic E-state index is 13.0. The van der Waals surface area contributed by atoms with E-state index < -0.39 is 17.6 Å². The number of carboxylic acids is 1. The number of nitrogens with one attached hydrogen (secondary N) is 4. The molecule has 2 amide bonds. The minimum Gasteiger partial charge on any atom is -0.480 e. The van der Waals surface area contributed by atoms with Crippen LogP contribution in [0.15, 0.2) is 24.3 Å². The van der Waals surface area contributed by atoms with Crippen LogP contribution in [-0.2, 0) is 20.9 Å². The van der Waals surface area contributed by atoms with Crippen LogP contribution in [0.25, 0.3) is 0 Å². The van der Waals surface area contributed by atoms with E-state index in [0.29, 0.717) is 5.56 Å². The molecule has 1 aromatic carbocycles. The predicted molar refractivity (Wildman–Crippen MR) is 125 cm³/mol. The van der Waals surface area contributed by atoms with Crippen molar-refractivity contribution in [3.05, 3.63) is 35.4 Å². The molecule has 178 valence electrons. The third-order valence-corrected chi connectivity index (χ3v) is 5.60. The SMILES string of the molecule is CC(C)(NC(=O)[C@H](NCC(=O)O)C1CCCCC1)C(=O)NCc1ccc(C(=N)N)cc1.Cl. The van der Waals surface area contributed by atoms with Crippen molar-refractivity contribution in [1.29, 1.82) is 5.41 Å². The number of nitrogens with two attached hydrogens (primary N) is 1. The van der Waals surface area contributed by atoms with Crippen LogP contribution in [0.4, 0.5) is 0 Å². The molecule has 0 radical (unpaired) electrons. The van der Waals surface area contributed by atoms with Gasteiger partial charge in [0.05, 0.1) is 12.6 Å². The molecule has 7 N–H and O–H groups in total. The molecule has 10 heteroatoms. The van der Waals surface area contributed by atoms with Gasteiger partial charge in [0.15, 0.2) is 0 Å². The van der Waals surface area contributed by atoms with Gasteiger partial charge in [-0.3, -0.25) is 25.1 Å². The first-order valence-electron chi connectivity index (χ1n) is 10.6. The Kier molecular flexibility index (Phi) is 10.6. The van der Waals surface area contributed by atoms with Crippen LogP contribution in [0, 0.1) is 11.3 Å². The highest BCUT2D eigenvalue weighted by atomic mass is 35.5. The summed E-state index contributed by atoms with van der Waals surface area (Å²) in [7, 11) is 0. The molecule has 1 aliphatic rings. The minimum atomic E-state index is -1.17. The number of nitrogen functional groups attached to an aromatic ring is 1. The van der Waals surface area contributed by atoms with Crippen molar-refractivity contribution < 1.29 is 19.5 Å². The molecule has 0 bridgehead atoms. The smallest absolute Gasteiger partial charge is 0.317 e. The molecular formula is C22H34ClN5O4. The van der Waals surface area contributed by atoms with Crippen LogP contribution in [0.5, 0.6) is 0 Å². The van der Waals surface area contributed by atoms with Gasteiger partial charge in [-0.2, -0.15) is 0 Å². The maximum absolute atomic E-state index is 13.0. The van der Waals surface area contributed by atoms with E-state index in [4.69, 9.17) is 16.2 Å². The van der Waals surface area contributed by atoms with Crippen LogP contribution < -0.4 is 21.7 Å². The fourth-order valence-corrected chi connectivity index (χ4v) is 3.79. The molecule has 0 aliphatic heterocycles. The normalized spacial score (nSPS) is 15.2. The third-order valence-electron chi connectivity index (χ3n) is 5.60. The third kappa shape index (κ3) is 8.12. The highest BCUT2D eigenvalue weighted by Gasteiger charge is 2.35. The molecule has 9 nitrogen and oxygen atoms in total. The van der Waals surface area contributed by atoms with Gasteiger partial charge in [0.2, 0.25) is 11.8 Å². The molecule has 1 atom stereocenters. The maximum Gasteiger partial charge on any atom is 0.317 e. The van der Waals surface area contributed by atoms with E-state index in [9.17, 15) is 14.4 Å². The summed E-state index contributed by atoms with van der Waals surface area (Å²) in [6, 6.07) is 6.32. The number of hydrogen-bond donors (Lipinski definition) is 6. The topological polar surface area (TPSA) is 157 Å². The van der Waals surface area contributed by atoms with E-state index in [1.165, 1.54) is 0 Å². The Labute approximate surface area is 194 Å². The number of benzene rings is 1. The number of amidine groups is 1. The van der Waals surface area contributed by atoms with Crippen molar-refractivity contribution in [2.45, 2.75) is 64.1 Å². The summed E-state index contributed by atoms with van der Waals surface area (Å²) in [5.41, 5.74) is 5.71. The summed E-state index contributed by atoms with van der Waals surface area (Å²) < 4.78 is 0. The Bertz CT molecular complexity index is 807. The van der Waals surface area contributed by atoms with Gasteiger partial charge in [-0.05, 0) is 38.2 Å². The first kappa shape index (κ1) is 27.4. The summed E-state index contributed by atoms with van der Waals surface area (Å²) in [6.07, 6.45) is 4.84. The zero-order chi connectivity index (χ0) is 23.0. The predicted octanol–water partition coefficient (Wildman–Crippen LogP) is 1.53. The number of aliphatic carboxylic acids is 1. The van der Waals surface area contributed by atoms with Gasteiger partial charge in [0.25, 0.3) is 0 Å². The van der Waals surface area contributed by atoms with Crippen LogP contribution in [0.1, 0.15) is 57.1 Å². The van der Waals surface area contributed by atoms with E-state index in [-0.39, 0.29) is 49.1 Å². The Morgan fingerprint density at radius 3 is 2.28 bits per heavy atom. The lowest BCUT2D eigenvalue weighted by Gasteiger charge is -2.33. The molecule has 1 fully saturated rings. The quantitative estimate of drug-likeness (QED) is 0.226. The van der Waals surface area contributed by atoms with Crippen molar-refractivity contribution in [2.24, 2.45) is 11.7 Å². The molecule has 0 aromatic heterocycles. The summed E-state index contributed by atoms with van der Waals surface area (Å²) in [4.78, 5) is 36.7. The first-order chi connectivity index (χ1) is 14.6. The fourth-order valence-electron chi connectivity index (χ4n) is 3.79. The number of amides is 2. The van der Waals surface area contributed by atoms with Crippen molar-refractivity contribution in [3.63, 3.8) is 0 Å². The second kappa shape index (κ2) is 12.4. The minimum absolute atomic E-state index is 0. The van der Waals surface area contributed by atoms with Gasteiger partial charge in [0, 0.05) is 12.1 Å². The molecular weight excluding hydrogens is 434 g/mol. The second-order valence-electron chi connectivity index (χ2n) is 8.56. The number of hydrogen-bond acceptors (Lipinski definition) is 5. The summed E-state index contributed by atoms with van der Waals surface area (Å²) in [5, 5.41) is 24.9. The van der Waals surface area contributed by atoms with Gasteiger partial charge in [-0.25, -0.2) is 0 Å². The highest BCUT2D eigenvalue weighted by Crippen LogP contribution is 2.27. The molecule has 0 unspecified atom stereocenters. The van der Waals surface area contributed by atoms with Gasteiger partial charge >= 0.3 is 5.97 Å². The van der Waals surface area contributed by atoms with E-state index in [2.05, 4.69) is 16.0 Å². The number of carbonyl (C=O) groups excluding carboxylic acids is 2. The molecule has 1 saturated carbocycles. The summed E-state index contributed by atoms with van der Waals surface area (Å²) >= 11 is 0. The van der Waals surface area contributed by atoms with Crippen LogP contribution in [0.3, 0.4) is 0 Å². The zero-order valence-corrected chi connectivity index (χ0v) is 19.4. The summed E-state index contributed by atoms with van der Waals surface area (Å²) in [5.74, 6) is -1.71. The van der Waals surface area contributed by atoms with Gasteiger partial charge in [-0.1, -0.05) is 43.5 Å². The largest absolute Gasteiger partial charge is 0.480 e. The average Bonchev–Trinajstić information content (AvgIpc) is 2.72. The fraction of sp³-hybridized carbons (Fsp3) is 0.545. The van der Waals surface area contributed by atoms with Crippen LogP contribution >= 0.6 is 12.4 Å². The molecule has 2 rings (SSSR count). The van der Waals surface area contributed by atoms with Gasteiger partial charge < -0.3 is 21.5 Å². The molecule has 32 heavy (non-hydrogen) atoms. The van der Waals surface area contributed by atoms with Gasteiger partial charge in [-0.15, -0.1) is 12.4 Å². The van der Waals surface area contributed by atoms with E-state index in [0.717, 1.165) is 37.7 Å². The number of rotatable bonds is 10. The Morgan fingerprint density at radius 2 is 1.75 bits per heavy atom. The molecule has 1 aromatic rings. The lowest BCUT2D eigenvalue weighted by Crippen LogP contribution is -2.60.